The van der Waals surface area contributed by atoms with E-state index >= 15 is 0 Å². The van der Waals surface area contributed by atoms with E-state index in [-0.39, 0.29) is 5.41 Å². The topological polar surface area (TPSA) is 9.23 Å². The third-order valence-electron chi connectivity index (χ3n) is 2.72. The summed E-state index contributed by atoms with van der Waals surface area (Å²) in [4.78, 5) is 0. The first-order valence-corrected chi connectivity index (χ1v) is 4.69. The Labute approximate surface area is 75.1 Å². The molecule has 0 fully saturated rings. The molecule has 0 aromatic carbocycles. The number of alkyl halides is 1. The lowest BCUT2D eigenvalue weighted by Gasteiger charge is -2.32. The summed E-state index contributed by atoms with van der Waals surface area (Å²) in [6.45, 7) is 7.38. The third-order valence-corrected chi connectivity index (χ3v) is 3.33. The first-order chi connectivity index (χ1) is 5.10. The summed E-state index contributed by atoms with van der Waals surface area (Å²) in [5.41, 5.74) is 0.234. The Hall–Kier alpha value is 0.250. The Bertz CT molecular complexity index is 99.7. The van der Waals surface area contributed by atoms with Crippen LogP contribution in [0.5, 0.6) is 0 Å². The highest BCUT2D eigenvalue weighted by atomic mass is 35.5. The van der Waals surface area contributed by atoms with Gasteiger partial charge in [-0.05, 0) is 17.8 Å². The highest BCUT2D eigenvalue weighted by Crippen LogP contribution is 2.32. The quantitative estimate of drug-likeness (QED) is 0.589. The molecule has 0 saturated carbocycles. The van der Waals surface area contributed by atoms with Crippen molar-refractivity contribution in [3.63, 3.8) is 0 Å². The van der Waals surface area contributed by atoms with Crippen LogP contribution in [-0.2, 0) is 4.74 Å². The first-order valence-electron chi connectivity index (χ1n) is 4.15. The zero-order valence-electron chi connectivity index (χ0n) is 7.98. The van der Waals surface area contributed by atoms with Crippen molar-refractivity contribution in [2.75, 3.05) is 19.6 Å². The molecule has 2 unspecified atom stereocenters. The standard InChI is InChI=1S/C9H19ClO/c1-5-9(3,7-10)8(2)6-11-4/h8H,5-7H2,1-4H3. The Morgan fingerprint density at radius 1 is 1.55 bits per heavy atom. The Kier molecular flexibility index (Phi) is 5.11. The van der Waals surface area contributed by atoms with Crippen LogP contribution in [0.15, 0.2) is 0 Å². The fourth-order valence-corrected chi connectivity index (χ4v) is 1.48. The van der Waals surface area contributed by atoms with Crippen LogP contribution in [-0.4, -0.2) is 19.6 Å². The molecule has 0 aromatic heterocycles. The van der Waals surface area contributed by atoms with Crippen molar-refractivity contribution >= 4 is 11.6 Å². The number of hydrogen-bond donors (Lipinski definition) is 0. The van der Waals surface area contributed by atoms with Crippen molar-refractivity contribution in [1.29, 1.82) is 0 Å². The molecule has 0 saturated heterocycles. The molecular weight excluding hydrogens is 160 g/mol. The normalized spacial score (nSPS) is 19.4. The Morgan fingerprint density at radius 3 is 2.36 bits per heavy atom. The summed E-state index contributed by atoms with van der Waals surface area (Å²) >= 11 is 5.88. The summed E-state index contributed by atoms with van der Waals surface area (Å²) in [5.74, 6) is 1.25. The van der Waals surface area contributed by atoms with Crippen LogP contribution in [0.2, 0.25) is 0 Å². The van der Waals surface area contributed by atoms with Gasteiger partial charge in [-0.15, -0.1) is 11.6 Å². The van der Waals surface area contributed by atoms with Crippen molar-refractivity contribution in [2.45, 2.75) is 27.2 Å². The minimum atomic E-state index is 0.234. The summed E-state index contributed by atoms with van der Waals surface area (Å²) in [6, 6.07) is 0. The number of hydrogen-bond acceptors (Lipinski definition) is 1. The van der Waals surface area contributed by atoms with E-state index in [2.05, 4.69) is 20.8 Å². The Balaban J connectivity index is 4.00. The van der Waals surface area contributed by atoms with Gasteiger partial charge in [0, 0.05) is 19.6 Å². The van der Waals surface area contributed by atoms with Gasteiger partial charge in [-0.2, -0.15) is 0 Å². The molecule has 0 aliphatic heterocycles. The number of ether oxygens (including phenoxy) is 1. The molecule has 0 heterocycles. The lowest BCUT2D eigenvalue weighted by atomic mass is 9.78. The average Bonchev–Trinajstić information content (AvgIpc) is 2.03. The molecule has 0 radical (unpaired) electrons. The minimum absolute atomic E-state index is 0.234. The second-order valence-electron chi connectivity index (χ2n) is 3.50. The minimum Gasteiger partial charge on any atom is -0.384 e. The maximum absolute atomic E-state index is 5.88. The molecule has 0 aliphatic rings. The summed E-state index contributed by atoms with van der Waals surface area (Å²) < 4.78 is 5.09. The number of halogens is 1. The van der Waals surface area contributed by atoms with E-state index in [1.807, 2.05) is 0 Å². The molecule has 2 heteroatoms. The Morgan fingerprint density at radius 2 is 2.09 bits per heavy atom. The highest BCUT2D eigenvalue weighted by molar-refractivity contribution is 6.18. The monoisotopic (exact) mass is 178 g/mol. The molecular formula is C9H19ClO. The van der Waals surface area contributed by atoms with Gasteiger partial charge in [0.05, 0.1) is 0 Å². The second-order valence-corrected chi connectivity index (χ2v) is 3.76. The highest BCUT2D eigenvalue weighted by Gasteiger charge is 2.27. The second kappa shape index (κ2) is 5.00. The zero-order valence-corrected chi connectivity index (χ0v) is 8.74. The summed E-state index contributed by atoms with van der Waals surface area (Å²) in [6.07, 6.45) is 1.11. The molecule has 0 bridgehead atoms. The maximum Gasteiger partial charge on any atom is 0.0493 e. The van der Waals surface area contributed by atoms with Gasteiger partial charge < -0.3 is 4.74 Å². The first kappa shape index (κ1) is 11.2. The maximum atomic E-state index is 5.88. The molecule has 1 nitrogen and oxygen atoms in total. The van der Waals surface area contributed by atoms with E-state index in [0.717, 1.165) is 13.0 Å². The molecule has 0 aliphatic carbocycles. The van der Waals surface area contributed by atoms with Crippen molar-refractivity contribution < 1.29 is 4.74 Å². The van der Waals surface area contributed by atoms with Gasteiger partial charge in [-0.25, -0.2) is 0 Å². The van der Waals surface area contributed by atoms with Gasteiger partial charge in [0.2, 0.25) is 0 Å². The van der Waals surface area contributed by atoms with Crippen LogP contribution < -0.4 is 0 Å². The summed E-state index contributed by atoms with van der Waals surface area (Å²) in [7, 11) is 1.74. The van der Waals surface area contributed by atoms with Gasteiger partial charge in [-0.1, -0.05) is 20.8 Å². The van der Waals surface area contributed by atoms with E-state index in [1.54, 1.807) is 7.11 Å². The van der Waals surface area contributed by atoms with E-state index in [0.29, 0.717) is 11.8 Å². The van der Waals surface area contributed by atoms with Crippen molar-refractivity contribution in [2.24, 2.45) is 11.3 Å². The largest absolute Gasteiger partial charge is 0.384 e. The lowest BCUT2D eigenvalue weighted by molar-refractivity contribution is 0.0911. The molecule has 0 N–H and O–H groups in total. The molecule has 0 rings (SSSR count). The summed E-state index contributed by atoms with van der Waals surface area (Å²) in [5, 5.41) is 0. The van der Waals surface area contributed by atoms with E-state index in [4.69, 9.17) is 16.3 Å². The van der Waals surface area contributed by atoms with Crippen LogP contribution in [0.25, 0.3) is 0 Å². The number of rotatable bonds is 5. The van der Waals surface area contributed by atoms with Crippen molar-refractivity contribution in [1.82, 2.24) is 0 Å². The van der Waals surface area contributed by atoms with E-state index in [9.17, 15) is 0 Å². The third kappa shape index (κ3) is 3.00. The zero-order chi connectivity index (χ0) is 8.91. The molecule has 11 heavy (non-hydrogen) atoms. The lowest BCUT2D eigenvalue weighted by Crippen LogP contribution is -2.29. The van der Waals surface area contributed by atoms with Crippen LogP contribution in [0.3, 0.4) is 0 Å². The van der Waals surface area contributed by atoms with Gasteiger partial charge in [-0.3, -0.25) is 0 Å². The fraction of sp³-hybridized carbons (Fsp3) is 1.00. The average molecular weight is 179 g/mol. The molecule has 68 valence electrons. The van der Waals surface area contributed by atoms with E-state index < -0.39 is 0 Å². The van der Waals surface area contributed by atoms with Gasteiger partial charge in [0.1, 0.15) is 0 Å². The van der Waals surface area contributed by atoms with Crippen molar-refractivity contribution in [3.05, 3.63) is 0 Å². The van der Waals surface area contributed by atoms with Gasteiger partial charge >= 0.3 is 0 Å². The van der Waals surface area contributed by atoms with Gasteiger partial charge in [0.15, 0.2) is 0 Å². The number of methoxy groups -OCH3 is 1. The van der Waals surface area contributed by atoms with Crippen LogP contribution >= 0.6 is 11.6 Å². The van der Waals surface area contributed by atoms with Crippen LogP contribution in [0.1, 0.15) is 27.2 Å². The predicted molar refractivity (Wildman–Crippen MR) is 50.2 cm³/mol. The van der Waals surface area contributed by atoms with Crippen LogP contribution in [0.4, 0.5) is 0 Å². The molecule has 0 aromatic rings. The van der Waals surface area contributed by atoms with E-state index in [1.165, 1.54) is 0 Å². The van der Waals surface area contributed by atoms with Gasteiger partial charge in [0.25, 0.3) is 0 Å². The van der Waals surface area contributed by atoms with Crippen molar-refractivity contribution in [3.8, 4) is 0 Å². The smallest absolute Gasteiger partial charge is 0.0493 e. The molecule has 0 amide bonds. The fourth-order valence-electron chi connectivity index (χ4n) is 1.03. The molecule has 2 atom stereocenters. The predicted octanol–water partition coefficient (Wildman–Crippen LogP) is 2.92. The van der Waals surface area contributed by atoms with Crippen LogP contribution in [0, 0.1) is 11.3 Å². The SMILES string of the molecule is CCC(C)(CCl)C(C)COC. The molecule has 0 spiro atoms.